The third kappa shape index (κ3) is 8.23. The van der Waals surface area contributed by atoms with Crippen LogP contribution in [0.5, 0.6) is 5.88 Å². The monoisotopic (exact) mass is 366 g/mol. The number of ether oxygens (including phenoxy) is 2. The maximum Gasteiger partial charge on any atom is 0.217 e. The van der Waals surface area contributed by atoms with Gasteiger partial charge in [-0.05, 0) is 25.7 Å². The van der Waals surface area contributed by atoms with Crippen molar-refractivity contribution in [3.63, 3.8) is 0 Å². The molecule has 1 aromatic heterocycles. The molecule has 1 fully saturated rings. The van der Waals surface area contributed by atoms with E-state index in [1.54, 1.807) is 0 Å². The van der Waals surface area contributed by atoms with Crippen LogP contribution in [0.4, 0.5) is 11.5 Å². The first-order valence-electron chi connectivity index (χ1n) is 10.2. The Kier molecular flexibility index (Phi) is 11.8. The Balaban J connectivity index is 0.00000163. The molecule has 26 heavy (non-hydrogen) atoms. The van der Waals surface area contributed by atoms with Gasteiger partial charge in [-0.3, -0.25) is 0 Å². The van der Waals surface area contributed by atoms with Crippen molar-refractivity contribution >= 4 is 11.5 Å². The fourth-order valence-electron chi connectivity index (χ4n) is 3.00. The molecule has 6 nitrogen and oxygen atoms in total. The highest BCUT2D eigenvalue weighted by Crippen LogP contribution is 2.23. The van der Waals surface area contributed by atoms with Gasteiger partial charge in [-0.15, -0.1) is 0 Å². The topological polar surface area (TPSA) is 72.6 Å². The summed E-state index contributed by atoms with van der Waals surface area (Å²) in [6.45, 7) is 13.5. The van der Waals surface area contributed by atoms with Gasteiger partial charge in [0.1, 0.15) is 12.4 Å². The maximum atomic E-state index is 5.96. The van der Waals surface area contributed by atoms with Crippen molar-refractivity contribution in [3.05, 3.63) is 12.1 Å². The SMILES string of the molecule is CC.CCCN(CCC)c1cc(N)nc(OCCNC2CCOCC2)c1. The molecule has 2 rings (SSSR count). The smallest absolute Gasteiger partial charge is 0.217 e. The lowest BCUT2D eigenvalue weighted by atomic mass is 10.1. The predicted octanol–water partition coefficient (Wildman–Crippen LogP) is 3.46. The molecule has 0 saturated carbocycles. The van der Waals surface area contributed by atoms with Crippen molar-refractivity contribution in [2.45, 2.75) is 59.4 Å². The summed E-state index contributed by atoms with van der Waals surface area (Å²) >= 11 is 0. The molecule has 1 aromatic rings. The van der Waals surface area contributed by atoms with Gasteiger partial charge in [0.15, 0.2) is 0 Å². The van der Waals surface area contributed by atoms with Crippen LogP contribution in [0.1, 0.15) is 53.4 Å². The van der Waals surface area contributed by atoms with Crippen LogP contribution in [-0.2, 0) is 4.74 Å². The largest absolute Gasteiger partial charge is 0.476 e. The number of rotatable bonds is 10. The van der Waals surface area contributed by atoms with Crippen LogP contribution in [0.25, 0.3) is 0 Å². The number of nitrogen functional groups attached to an aromatic ring is 1. The van der Waals surface area contributed by atoms with Crippen LogP contribution in [0.2, 0.25) is 0 Å². The first-order valence-corrected chi connectivity index (χ1v) is 10.2. The van der Waals surface area contributed by atoms with Crippen LogP contribution in [-0.4, -0.2) is 50.5 Å². The molecule has 0 radical (unpaired) electrons. The summed E-state index contributed by atoms with van der Waals surface area (Å²) < 4.78 is 11.2. The summed E-state index contributed by atoms with van der Waals surface area (Å²) in [6, 6.07) is 4.46. The second kappa shape index (κ2) is 13.6. The zero-order chi connectivity index (χ0) is 19.2. The van der Waals surface area contributed by atoms with Crippen molar-refractivity contribution in [3.8, 4) is 5.88 Å². The molecule has 0 spiro atoms. The minimum Gasteiger partial charge on any atom is -0.476 e. The predicted molar refractivity (Wildman–Crippen MR) is 110 cm³/mol. The average molecular weight is 367 g/mol. The average Bonchev–Trinajstić information content (AvgIpc) is 2.67. The van der Waals surface area contributed by atoms with Gasteiger partial charge in [-0.2, -0.15) is 4.98 Å². The zero-order valence-electron chi connectivity index (χ0n) is 17.1. The molecule has 1 saturated heterocycles. The quantitative estimate of drug-likeness (QED) is 0.618. The lowest BCUT2D eigenvalue weighted by Gasteiger charge is -2.24. The number of nitrogens with one attached hydrogen (secondary N) is 1. The normalized spacial score (nSPS) is 14.5. The second-order valence-corrected chi connectivity index (χ2v) is 6.26. The summed E-state index contributed by atoms with van der Waals surface area (Å²) in [5.41, 5.74) is 7.06. The van der Waals surface area contributed by atoms with Gasteiger partial charge in [0.2, 0.25) is 5.88 Å². The summed E-state index contributed by atoms with van der Waals surface area (Å²) in [4.78, 5) is 6.64. The number of anilines is 2. The molecule has 1 aliphatic heterocycles. The van der Waals surface area contributed by atoms with Crippen molar-refractivity contribution < 1.29 is 9.47 Å². The van der Waals surface area contributed by atoms with E-state index in [-0.39, 0.29) is 0 Å². The molecular formula is C20H38N4O2. The fraction of sp³-hybridized carbons (Fsp3) is 0.750. The van der Waals surface area contributed by atoms with Crippen LogP contribution < -0.4 is 20.7 Å². The van der Waals surface area contributed by atoms with E-state index < -0.39 is 0 Å². The van der Waals surface area contributed by atoms with Crippen LogP contribution in [0, 0.1) is 0 Å². The van der Waals surface area contributed by atoms with E-state index in [9.17, 15) is 0 Å². The highest BCUT2D eigenvalue weighted by atomic mass is 16.5. The standard InChI is InChI=1S/C18H32N4O2.C2H6/c1-3-8-22(9-4-2)16-13-17(19)21-18(14-16)24-12-7-20-15-5-10-23-11-6-15;1-2/h13-15,20H,3-12H2,1-2H3,(H2,19,21);1-2H3. The Hall–Kier alpha value is -1.53. The van der Waals surface area contributed by atoms with E-state index in [0.717, 1.165) is 64.2 Å². The van der Waals surface area contributed by atoms with Gasteiger partial charge in [0.25, 0.3) is 0 Å². The molecule has 2 heterocycles. The van der Waals surface area contributed by atoms with E-state index >= 15 is 0 Å². The fourth-order valence-corrected chi connectivity index (χ4v) is 3.00. The van der Waals surface area contributed by atoms with E-state index in [2.05, 4.69) is 29.0 Å². The summed E-state index contributed by atoms with van der Waals surface area (Å²) in [5, 5.41) is 3.51. The molecule has 1 aliphatic rings. The highest BCUT2D eigenvalue weighted by molar-refractivity contribution is 5.55. The number of hydrogen-bond donors (Lipinski definition) is 2. The Morgan fingerprint density at radius 3 is 2.46 bits per heavy atom. The zero-order valence-corrected chi connectivity index (χ0v) is 17.1. The molecule has 0 atom stereocenters. The molecule has 6 heteroatoms. The highest BCUT2D eigenvalue weighted by Gasteiger charge is 2.13. The first-order chi connectivity index (χ1) is 12.7. The van der Waals surface area contributed by atoms with Crippen molar-refractivity contribution in [1.82, 2.24) is 10.3 Å². The molecule has 150 valence electrons. The van der Waals surface area contributed by atoms with Crippen molar-refractivity contribution in [2.24, 2.45) is 0 Å². The Bertz CT molecular complexity index is 473. The molecule has 0 aliphatic carbocycles. The minimum absolute atomic E-state index is 0.511. The third-order valence-electron chi connectivity index (χ3n) is 4.16. The minimum atomic E-state index is 0.511. The van der Waals surface area contributed by atoms with Crippen LogP contribution in [0.15, 0.2) is 12.1 Å². The lowest BCUT2D eigenvalue weighted by molar-refractivity contribution is 0.0770. The molecule has 0 unspecified atom stereocenters. The Morgan fingerprint density at radius 1 is 1.19 bits per heavy atom. The Morgan fingerprint density at radius 2 is 1.85 bits per heavy atom. The lowest BCUT2D eigenvalue weighted by Crippen LogP contribution is -2.37. The maximum absolute atomic E-state index is 5.96. The summed E-state index contributed by atoms with van der Waals surface area (Å²) in [7, 11) is 0. The Labute approximate surface area is 159 Å². The number of pyridine rings is 1. The molecule has 0 amide bonds. The van der Waals surface area contributed by atoms with Gasteiger partial charge in [0.05, 0.1) is 0 Å². The molecular weight excluding hydrogens is 328 g/mol. The van der Waals surface area contributed by atoms with Gasteiger partial charge >= 0.3 is 0 Å². The molecule has 0 bridgehead atoms. The van der Waals surface area contributed by atoms with E-state index in [1.807, 2.05) is 26.0 Å². The third-order valence-corrected chi connectivity index (χ3v) is 4.16. The van der Waals surface area contributed by atoms with Crippen molar-refractivity contribution in [2.75, 3.05) is 50.1 Å². The van der Waals surface area contributed by atoms with Gasteiger partial charge < -0.3 is 25.4 Å². The summed E-state index contributed by atoms with van der Waals surface area (Å²) in [5.74, 6) is 1.12. The van der Waals surface area contributed by atoms with Crippen molar-refractivity contribution in [1.29, 1.82) is 0 Å². The second-order valence-electron chi connectivity index (χ2n) is 6.26. The number of aromatic nitrogens is 1. The molecule has 3 N–H and O–H groups in total. The number of nitrogens with zero attached hydrogens (tertiary/aromatic N) is 2. The van der Waals surface area contributed by atoms with Gasteiger partial charge in [0, 0.05) is 56.7 Å². The first kappa shape index (κ1) is 22.5. The van der Waals surface area contributed by atoms with Crippen LogP contribution >= 0.6 is 0 Å². The molecule has 0 aromatic carbocycles. The van der Waals surface area contributed by atoms with E-state index in [0.29, 0.717) is 24.3 Å². The number of hydrogen-bond acceptors (Lipinski definition) is 6. The summed E-state index contributed by atoms with van der Waals surface area (Å²) in [6.07, 6.45) is 4.36. The van der Waals surface area contributed by atoms with Crippen LogP contribution in [0.3, 0.4) is 0 Å². The van der Waals surface area contributed by atoms with Gasteiger partial charge in [-0.25, -0.2) is 0 Å². The van der Waals surface area contributed by atoms with Gasteiger partial charge in [-0.1, -0.05) is 27.7 Å². The number of nitrogens with two attached hydrogens (primary N) is 1. The van der Waals surface area contributed by atoms with E-state index in [1.165, 1.54) is 0 Å². The van der Waals surface area contributed by atoms with E-state index in [4.69, 9.17) is 15.2 Å².